The summed E-state index contributed by atoms with van der Waals surface area (Å²) < 4.78 is 2.30. The zero-order chi connectivity index (χ0) is 47.4. The van der Waals surface area contributed by atoms with Crippen LogP contribution in [-0.4, -0.2) is 9.55 Å². The fraction of sp³-hybridized carbons (Fsp3) is 0.0909. The number of aromatic nitrogens is 2. The van der Waals surface area contributed by atoms with Gasteiger partial charge in [0.2, 0.25) is 0 Å². The summed E-state index contributed by atoms with van der Waals surface area (Å²) in [4.78, 5) is 9.75. The number of pyridine rings is 1. The van der Waals surface area contributed by atoms with Crippen molar-refractivity contribution in [2.75, 3.05) is 9.80 Å². The average Bonchev–Trinajstić information content (AvgIpc) is 3.97. The van der Waals surface area contributed by atoms with Gasteiger partial charge in [-0.1, -0.05) is 203 Å². The second kappa shape index (κ2) is 18.5. The summed E-state index contributed by atoms with van der Waals surface area (Å²) in [7, 11) is 0. The molecule has 0 spiro atoms. The van der Waals surface area contributed by atoms with Crippen LogP contribution < -0.4 is 9.80 Å². The Balaban J connectivity index is 0.00000547. The second-order valence-electron chi connectivity index (χ2n) is 19.3. The van der Waals surface area contributed by atoms with E-state index in [0.717, 1.165) is 89.5 Å². The molecule has 0 aliphatic carbocycles. The zero-order valence-corrected chi connectivity index (χ0v) is 42.4. The molecule has 1 aliphatic rings. The fourth-order valence-electron chi connectivity index (χ4n) is 10.4. The van der Waals surface area contributed by atoms with Gasteiger partial charge < -0.3 is 14.4 Å². The standard InChI is InChI=1S/C66H51N4.Pt/c1-65(2,50-28-15-8-16-29-50)52-38-39-67-63(44-52)70-59-33-18-17-30-57(59)58-37-36-51(43-62(58)70)66(3,4)53-40-49(46-22-9-5-10-23-46)41-54(42-53)68-45-69(61-35-20-19-34-60(61)68)64-55(47-24-11-6-12-25-47)31-21-32-56(64)48-26-13-7-14-27-48;/h5-41,44-45H,1-4H3;/q-3;. The van der Waals surface area contributed by atoms with E-state index in [1.807, 2.05) is 6.20 Å². The normalized spacial score (nSPS) is 12.6. The van der Waals surface area contributed by atoms with Gasteiger partial charge in [-0.25, -0.2) is 4.98 Å². The van der Waals surface area contributed by atoms with Crippen LogP contribution in [0.2, 0.25) is 0 Å². The van der Waals surface area contributed by atoms with E-state index >= 15 is 0 Å². The number of fused-ring (bicyclic) bond motifs is 4. The molecule has 3 heterocycles. The molecule has 11 aromatic rings. The number of nitrogens with zero attached hydrogens (tertiary/aromatic N) is 4. The minimum Gasteiger partial charge on any atom is -0.493 e. The molecular formula is C66H51N4Pt-3. The number of rotatable bonds is 10. The third-order valence-electron chi connectivity index (χ3n) is 14.4. The molecule has 71 heavy (non-hydrogen) atoms. The first-order chi connectivity index (χ1) is 34.2. The van der Waals surface area contributed by atoms with Crippen LogP contribution >= 0.6 is 0 Å². The fourth-order valence-corrected chi connectivity index (χ4v) is 10.4. The second-order valence-corrected chi connectivity index (χ2v) is 19.3. The Hall–Kier alpha value is -7.78. The van der Waals surface area contributed by atoms with Gasteiger partial charge in [-0.05, 0) is 69.0 Å². The molecule has 2 aromatic heterocycles. The Kier molecular flexibility index (Phi) is 11.9. The summed E-state index contributed by atoms with van der Waals surface area (Å²) in [6.45, 7) is 11.4. The van der Waals surface area contributed by atoms with E-state index in [-0.39, 0.29) is 26.5 Å². The first kappa shape index (κ1) is 45.6. The van der Waals surface area contributed by atoms with Gasteiger partial charge >= 0.3 is 0 Å². The number of hydrogen-bond acceptors (Lipinski definition) is 3. The molecule has 0 radical (unpaired) electrons. The van der Waals surface area contributed by atoms with Crippen molar-refractivity contribution in [3.05, 3.63) is 272 Å². The summed E-state index contributed by atoms with van der Waals surface area (Å²) in [6.07, 6.45) is 1.95. The predicted molar refractivity (Wildman–Crippen MR) is 291 cm³/mol. The molecule has 0 atom stereocenters. The van der Waals surface area contributed by atoms with E-state index in [1.54, 1.807) is 0 Å². The van der Waals surface area contributed by atoms with Crippen LogP contribution in [0.4, 0.5) is 22.7 Å². The van der Waals surface area contributed by atoms with Gasteiger partial charge in [-0.2, -0.15) is 41.5 Å². The van der Waals surface area contributed by atoms with Gasteiger partial charge in [0.1, 0.15) is 5.82 Å². The van der Waals surface area contributed by atoms with Gasteiger partial charge in [0.15, 0.2) is 0 Å². The number of para-hydroxylation sites is 4. The summed E-state index contributed by atoms with van der Waals surface area (Å²) in [5.74, 6) is 0.871. The molecular weight excluding hydrogens is 1040 g/mol. The van der Waals surface area contributed by atoms with Crippen LogP contribution in [0.1, 0.15) is 49.9 Å². The molecule has 9 aromatic carbocycles. The molecule has 0 amide bonds. The minimum absolute atomic E-state index is 0. The van der Waals surface area contributed by atoms with E-state index in [1.165, 1.54) is 16.5 Å². The largest absolute Gasteiger partial charge is 0.493 e. The molecule has 1 aliphatic heterocycles. The van der Waals surface area contributed by atoms with E-state index < -0.39 is 5.41 Å². The molecule has 0 N–H and O–H groups in total. The maximum atomic E-state index is 5.06. The van der Waals surface area contributed by atoms with Crippen molar-refractivity contribution in [2.45, 2.75) is 38.5 Å². The van der Waals surface area contributed by atoms with E-state index in [4.69, 9.17) is 4.98 Å². The number of benzene rings is 9. The van der Waals surface area contributed by atoms with E-state index in [2.05, 4.69) is 285 Å². The summed E-state index contributed by atoms with van der Waals surface area (Å²) in [5.41, 5.74) is 17.1. The average molecular weight is 1100 g/mol. The molecule has 12 rings (SSSR count). The number of anilines is 4. The Morgan fingerprint density at radius 3 is 1.68 bits per heavy atom. The zero-order valence-electron chi connectivity index (χ0n) is 40.1. The van der Waals surface area contributed by atoms with Crippen molar-refractivity contribution >= 4 is 44.6 Å². The minimum atomic E-state index is -0.529. The molecule has 0 unspecified atom stereocenters. The molecule has 0 bridgehead atoms. The van der Waals surface area contributed by atoms with Crippen LogP contribution in [0.25, 0.3) is 61.0 Å². The van der Waals surface area contributed by atoms with E-state index in [9.17, 15) is 0 Å². The van der Waals surface area contributed by atoms with Crippen LogP contribution in [-0.2, 0) is 31.9 Å². The van der Waals surface area contributed by atoms with Crippen LogP contribution in [0.5, 0.6) is 0 Å². The van der Waals surface area contributed by atoms with Crippen molar-refractivity contribution in [3.63, 3.8) is 0 Å². The first-order valence-corrected chi connectivity index (χ1v) is 24.1. The van der Waals surface area contributed by atoms with Crippen molar-refractivity contribution in [3.8, 4) is 39.2 Å². The first-order valence-electron chi connectivity index (χ1n) is 24.1. The van der Waals surface area contributed by atoms with Crippen LogP contribution in [0.3, 0.4) is 0 Å². The maximum absolute atomic E-state index is 5.06. The maximum Gasteiger partial charge on any atom is 0.135 e. The van der Waals surface area contributed by atoms with Crippen molar-refractivity contribution in [1.82, 2.24) is 9.55 Å². The van der Waals surface area contributed by atoms with Crippen molar-refractivity contribution in [1.29, 1.82) is 0 Å². The third kappa shape index (κ3) is 8.07. The third-order valence-corrected chi connectivity index (χ3v) is 14.4. The molecule has 5 heteroatoms. The van der Waals surface area contributed by atoms with E-state index in [0.29, 0.717) is 0 Å². The van der Waals surface area contributed by atoms with Crippen molar-refractivity contribution < 1.29 is 21.1 Å². The van der Waals surface area contributed by atoms with Gasteiger partial charge in [-0.3, -0.25) is 0 Å². The summed E-state index contributed by atoms with van der Waals surface area (Å²) >= 11 is 0. The summed E-state index contributed by atoms with van der Waals surface area (Å²) in [5, 5.41) is 2.31. The molecule has 0 saturated heterocycles. The smallest absolute Gasteiger partial charge is 0.135 e. The van der Waals surface area contributed by atoms with Gasteiger partial charge in [0, 0.05) is 66.4 Å². The number of hydrogen-bond donors (Lipinski definition) is 0. The Morgan fingerprint density at radius 2 is 1.01 bits per heavy atom. The van der Waals surface area contributed by atoms with Gasteiger partial charge in [0.05, 0.1) is 0 Å². The quantitative estimate of drug-likeness (QED) is 0.128. The SMILES string of the molecule is CC(C)(c1[c-]c2c(cc1)c1ccccc1n2-c1cc(C(C)(C)c2ccccc2)ccn1)c1[c-]c(N2[CH-]N(c3c(-c4ccccc4)cccc3-c3ccccc3)c3ccccc32)cc(-c2ccccc2)c1.[Pt]. The molecule has 348 valence electrons. The topological polar surface area (TPSA) is 24.3 Å². The Morgan fingerprint density at radius 1 is 0.437 bits per heavy atom. The predicted octanol–water partition coefficient (Wildman–Crippen LogP) is 16.8. The van der Waals surface area contributed by atoms with Gasteiger partial charge in [-0.15, -0.1) is 29.4 Å². The van der Waals surface area contributed by atoms with Gasteiger partial charge in [0.25, 0.3) is 0 Å². The Bertz CT molecular complexity index is 3640. The summed E-state index contributed by atoms with van der Waals surface area (Å²) in [6, 6.07) is 88.5. The van der Waals surface area contributed by atoms with Crippen LogP contribution in [0.15, 0.2) is 231 Å². The Labute approximate surface area is 431 Å². The molecule has 0 fully saturated rings. The van der Waals surface area contributed by atoms with Crippen molar-refractivity contribution in [2.24, 2.45) is 0 Å². The molecule has 4 nitrogen and oxygen atoms in total. The monoisotopic (exact) mass is 1090 g/mol. The molecule has 0 saturated carbocycles. The van der Waals surface area contributed by atoms with Crippen LogP contribution in [0, 0.1) is 18.8 Å².